The highest BCUT2D eigenvalue weighted by Crippen LogP contribution is 2.28. The summed E-state index contributed by atoms with van der Waals surface area (Å²) in [5.41, 5.74) is 0. The molecule has 15 nitrogen and oxygen atoms in total. The zero-order valence-corrected chi connectivity index (χ0v) is 22.9. The third-order valence-electron chi connectivity index (χ3n) is 4.90. The normalized spacial score (nSPS) is 23.4. The molecule has 0 aliphatic carbocycles. The first-order valence-corrected chi connectivity index (χ1v) is 12.4. The van der Waals surface area contributed by atoms with Gasteiger partial charge in [0.25, 0.3) is 0 Å². The molecule has 224 valence electrons. The zero-order valence-electron chi connectivity index (χ0n) is 22.9. The minimum Gasteiger partial charge on any atom is -0.463 e. The average Bonchev–Trinajstić information content (AvgIpc) is 2.84. The van der Waals surface area contributed by atoms with Gasteiger partial charge in [0.1, 0.15) is 31.6 Å². The van der Waals surface area contributed by atoms with E-state index in [2.05, 4.69) is 5.32 Å². The summed E-state index contributed by atoms with van der Waals surface area (Å²) in [4.78, 5) is 57.3. The van der Waals surface area contributed by atoms with E-state index < -0.39 is 60.7 Å². The Hall–Kier alpha value is -2.69. The van der Waals surface area contributed by atoms with Crippen molar-refractivity contribution in [1.82, 2.24) is 5.32 Å². The molecule has 0 aromatic carbocycles. The van der Waals surface area contributed by atoms with Crippen molar-refractivity contribution in [2.75, 3.05) is 52.9 Å². The molecule has 0 bridgehead atoms. The van der Waals surface area contributed by atoms with Gasteiger partial charge in [0.05, 0.1) is 33.0 Å². The van der Waals surface area contributed by atoms with Crippen LogP contribution in [0.5, 0.6) is 0 Å². The van der Waals surface area contributed by atoms with Gasteiger partial charge in [-0.15, -0.1) is 0 Å². The van der Waals surface area contributed by atoms with Gasteiger partial charge in [-0.2, -0.15) is 0 Å². The van der Waals surface area contributed by atoms with Crippen LogP contribution in [-0.2, 0) is 66.6 Å². The van der Waals surface area contributed by atoms with Crippen molar-refractivity contribution in [1.29, 1.82) is 0 Å². The van der Waals surface area contributed by atoms with Crippen molar-refractivity contribution in [2.24, 2.45) is 0 Å². The van der Waals surface area contributed by atoms with E-state index >= 15 is 0 Å². The summed E-state index contributed by atoms with van der Waals surface area (Å²) in [6.45, 7) is 7.03. The van der Waals surface area contributed by atoms with Gasteiger partial charge in [-0.25, -0.2) is 0 Å². The van der Waals surface area contributed by atoms with Crippen molar-refractivity contribution in [2.45, 2.75) is 71.6 Å². The van der Waals surface area contributed by atoms with E-state index in [1.165, 1.54) is 13.8 Å². The molecular formula is C24H39NO14. The van der Waals surface area contributed by atoms with E-state index in [9.17, 15) is 24.0 Å². The molecular weight excluding hydrogens is 526 g/mol. The molecule has 1 amide bonds. The second-order valence-corrected chi connectivity index (χ2v) is 8.16. The fourth-order valence-corrected chi connectivity index (χ4v) is 3.54. The molecule has 6 atom stereocenters. The number of carbonyl (C=O) groups excluding carboxylic acids is 5. The topological polar surface area (TPSA) is 180 Å². The molecule has 1 rings (SSSR count). The Balaban J connectivity index is 2.86. The highest BCUT2D eigenvalue weighted by Gasteiger charge is 2.51. The van der Waals surface area contributed by atoms with Crippen LogP contribution in [0.1, 0.15) is 34.6 Å². The lowest BCUT2D eigenvalue weighted by Crippen LogP contribution is -2.66. The summed E-state index contributed by atoms with van der Waals surface area (Å²) >= 11 is 0. The number of hydrogen-bond donors (Lipinski definition) is 1. The number of rotatable bonds is 19. The zero-order chi connectivity index (χ0) is 29.2. The van der Waals surface area contributed by atoms with Gasteiger partial charge in [-0.3, -0.25) is 19.2 Å². The van der Waals surface area contributed by atoms with E-state index in [-0.39, 0.29) is 46.2 Å². The molecule has 15 heteroatoms. The Labute approximate surface area is 227 Å². The molecule has 0 spiro atoms. The van der Waals surface area contributed by atoms with Gasteiger partial charge < -0.3 is 52.7 Å². The molecule has 1 N–H and O–H groups in total. The maximum atomic E-state index is 12.0. The first-order chi connectivity index (χ1) is 18.6. The molecule has 1 heterocycles. The smallest absolute Gasteiger partial charge is 0.303 e. The summed E-state index contributed by atoms with van der Waals surface area (Å²) in [6.07, 6.45) is -4.73. The lowest BCUT2D eigenvalue weighted by Gasteiger charge is -2.44. The fraction of sp³-hybridized carbons (Fsp3) is 0.792. The third kappa shape index (κ3) is 14.3. The largest absolute Gasteiger partial charge is 0.463 e. The lowest BCUT2D eigenvalue weighted by atomic mass is 9.96. The predicted molar refractivity (Wildman–Crippen MR) is 129 cm³/mol. The first-order valence-electron chi connectivity index (χ1n) is 12.4. The van der Waals surface area contributed by atoms with Crippen LogP contribution in [0.25, 0.3) is 0 Å². The average molecular weight is 566 g/mol. The van der Waals surface area contributed by atoms with Crippen LogP contribution in [0.3, 0.4) is 0 Å². The Morgan fingerprint density at radius 1 is 0.872 bits per heavy atom. The number of carbonyl (C=O) groups is 5. The van der Waals surface area contributed by atoms with Crippen molar-refractivity contribution in [3.05, 3.63) is 0 Å². The highest BCUT2D eigenvalue weighted by atomic mass is 16.7. The summed E-state index contributed by atoms with van der Waals surface area (Å²) in [6, 6.07) is -1.07. The lowest BCUT2D eigenvalue weighted by molar-refractivity contribution is -0.280. The number of amides is 1. The number of esters is 3. The van der Waals surface area contributed by atoms with Crippen LogP contribution in [0.4, 0.5) is 0 Å². The molecule has 1 fully saturated rings. The van der Waals surface area contributed by atoms with Gasteiger partial charge in [0, 0.05) is 34.3 Å². The van der Waals surface area contributed by atoms with Crippen LogP contribution in [0, 0.1) is 0 Å². The minimum absolute atomic E-state index is 0.0269. The van der Waals surface area contributed by atoms with Crippen molar-refractivity contribution in [3.63, 3.8) is 0 Å². The van der Waals surface area contributed by atoms with Crippen LogP contribution >= 0.6 is 0 Å². The van der Waals surface area contributed by atoms with E-state index in [1.54, 1.807) is 6.92 Å². The Morgan fingerprint density at radius 2 is 1.54 bits per heavy atom. The van der Waals surface area contributed by atoms with Gasteiger partial charge in [-0.1, -0.05) is 0 Å². The Bertz CT molecular complexity index is 778. The van der Waals surface area contributed by atoms with E-state index in [1.807, 2.05) is 0 Å². The molecule has 1 aliphatic rings. The summed E-state index contributed by atoms with van der Waals surface area (Å²) < 4.78 is 49.0. The minimum atomic E-state index is -1.22. The van der Waals surface area contributed by atoms with Crippen LogP contribution in [0.2, 0.25) is 0 Å². The molecule has 0 radical (unpaired) electrons. The van der Waals surface area contributed by atoms with Gasteiger partial charge in [-0.05, 0) is 6.92 Å². The number of hydrogen-bond acceptors (Lipinski definition) is 14. The first kappa shape index (κ1) is 34.3. The van der Waals surface area contributed by atoms with Gasteiger partial charge in [0.15, 0.2) is 24.8 Å². The van der Waals surface area contributed by atoms with Gasteiger partial charge >= 0.3 is 17.9 Å². The van der Waals surface area contributed by atoms with Crippen LogP contribution < -0.4 is 5.32 Å². The third-order valence-corrected chi connectivity index (χ3v) is 4.90. The summed E-state index contributed by atoms with van der Waals surface area (Å²) in [5.74, 6) is -2.51. The number of aldehydes is 1. The van der Waals surface area contributed by atoms with Crippen LogP contribution in [0.15, 0.2) is 0 Å². The Kier molecular flexibility index (Phi) is 17.1. The highest BCUT2D eigenvalue weighted by molar-refractivity contribution is 5.73. The maximum absolute atomic E-state index is 12.0. The molecule has 0 saturated carbocycles. The van der Waals surface area contributed by atoms with Gasteiger partial charge in [0.2, 0.25) is 5.91 Å². The molecule has 1 aliphatic heterocycles. The molecule has 39 heavy (non-hydrogen) atoms. The van der Waals surface area contributed by atoms with E-state index in [0.29, 0.717) is 12.9 Å². The molecule has 1 saturated heterocycles. The molecule has 0 aromatic rings. The second-order valence-electron chi connectivity index (χ2n) is 8.16. The Morgan fingerprint density at radius 3 is 2.13 bits per heavy atom. The number of nitrogens with one attached hydrogen (secondary N) is 1. The quantitative estimate of drug-likeness (QED) is 0.0680. The number of ether oxygens (including phenoxy) is 9. The second kappa shape index (κ2) is 19.4. The standard InChI is InChI=1S/C24H39NO14/c1-6-33-20(34-11-9-31-8-7-26)14-32-10-12-35-24-21(25-15(2)27)23(38-18(5)30)22(37-17(4)29)19(39-24)13-36-16(3)28/h7,19-24H,6,8-14H2,1-5H3,(H,25,27)/t19-,20?,21-,22+,23-,24-/m1/s1. The summed E-state index contributed by atoms with van der Waals surface area (Å²) in [5, 5.41) is 2.61. The monoisotopic (exact) mass is 565 g/mol. The van der Waals surface area contributed by atoms with Crippen molar-refractivity contribution >= 4 is 30.1 Å². The van der Waals surface area contributed by atoms with Crippen molar-refractivity contribution in [3.8, 4) is 0 Å². The van der Waals surface area contributed by atoms with Crippen molar-refractivity contribution < 1.29 is 66.6 Å². The maximum Gasteiger partial charge on any atom is 0.303 e. The fourth-order valence-electron chi connectivity index (χ4n) is 3.54. The van der Waals surface area contributed by atoms with Crippen LogP contribution in [-0.4, -0.2) is 120 Å². The van der Waals surface area contributed by atoms with E-state index in [4.69, 9.17) is 42.6 Å². The molecule has 0 aromatic heterocycles. The van der Waals surface area contributed by atoms with E-state index in [0.717, 1.165) is 13.8 Å². The predicted octanol–water partition coefficient (Wildman–Crippen LogP) is -0.730. The summed E-state index contributed by atoms with van der Waals surface area (Å²) in [7, 11) is 0. The SMILES string of the molecule is CCOC(COCCO[C@@H]1O[C@H](COC(C)=O)[C@H](OC(C)=O)[C@H](OC(C)=O)[C@H]1NC(C)=O)OCCOCC=O. The molecule has 1 unspecified atom stereocenters.